The first-order chi connectivity index (χ1) is 8.00. The van der Waals surface area contributed by atoms with Gasteiger partial charge in [-0.25, -0.2) is 0 Å². The molecular formula is C15H24O2. The van der Waals surface area contributed by atoms with Crippen molar-refractivity contribution in [3.05, 3.63) is 11.6 Å². The van der Waals surface area contributed by atoms with E-state index in [1.54, 1.807) is 0 Å². The first-order valence-electron chi connectivity index (χ1n) is 6.90. The van der Waals surface area contributed by atoms with E-state index in [1.165, 1.54) is 24.8 Å². The normalized spacial score (nSPS) is 39.1. The fourth-order valence-corrected chi connectivity index (χ4v) is 3.86. The van der Waals surface area contributed by atoms with Gasteiger partial charge in [-0.1, -0.05) is 31.9 Å². The number of fused-ring (bicyclic) bond motifs is 1. The number of carboxylic acid groups (broad SMARTS) is 1. The van der Waals surface area contributed by atoms with Crippen LogP contribution in [0, 0.1) is 29.6 Å². The van der Waals surface area contributed by atoms with Crippen molar-refractivity contribution in [2.75, 3.05) is 0 Å². The van der Waals surface area contributed by atoms with Gasteiger partial charge in [0.25, 0.3) is 0 Å². The van der Waals surface area contributed by atoms with Gasteiger partial charge in [0.05, 0.1) is 5.92 Å². The Hall–Kier alpha value is -0.790. The van der Waals surface area contributed by atoms with Crippen LogP contribution in [0.2, 0.25) is 0 Å². The fourth-order valence-electron chi connectivity index (χ4n) is 3.86. The molecule has 5 atom stereocenters. The molecule has 0 aromatic carbocycles. The van der Waals surface area contributed by atoms with E-state index in [-0.39, 0.29) is 5.92 Å². The van der Waals surface area contributed by atoms with Crippen LogP contribution in [0.5, 0.6) is 0 Å². The van der Waals surface area contributed by atoms with E-state index in [9.17, 15) is 9.90 Å². The quantitative estimate of drug-likeness (QED) is 0.742. The molecule has 0 heterocycles. The second kappa shape index (κ2) is 4.83. The molecule has 1 fully saturated rings. The third kappa shape index (κ3) is 2.41. The number of hydrogen-bond acceptors (Lipinski definition) is 1. The number of hydrogen-bond donors (Lipinski definition) is 1. The Morgan fingerprint density at radius 1 is 1.41 bits per heavy atom. The van der Waals surface area contributed by atoms with E-state index in [0.717, 1.165) is 18.3 Å². The average Bonchev–Trinajstić information content (AvgIpc) is 2.28. The first-order valence-corrected chi connectivity index (χ1v) is 6.90. The maximum Gasteiger partial charge on any atom is 0.306 e. The average molecular weight is 236 g/mol. The van der Waals surface area contributed by atoms with Gasteiger partial charge in [-0.05, 0) is 49.9 Å². The van der Waals surface area contributed by atoms with Crippen molar-refractivity contribution < 1.29 is 9.90 Å². The van der Waals surface area contributed by atoms with Crippen molar-refractivity contribution in [2.24, 2.45) is 29.6 Å². The minimum Gasteiger partial charge on any atom is -0.481 e. The minimum atomic E-state index is -0.625. The molecule has 0 radical (unpaired) electrons. The molecule has 2 aliphatic rings. The third-order valence-corrected chi connectivity index (χ3v) is 5.06. The molecule has 0 aliphatic heterocycles. The van der Waals surface area contributed by atoms with Gasteiger partial charge in [0.2, 0.25) is 0 Å². The summed E-state index contributed by atoms with van der Waals surface area (Å²) in [6.07, 6.45) is 7.14. The topological polar surface area (TPSA) is 37.3 Å². The van der Waals surface area contributed by atoms with E-state index in [1.807, 2.05) is 6.92 Å². The molecule has 2 heteroatoms. The summed E-state index contributed by atoms with van der Waals surface area (Å²) in [5.41, 5.74) is 1.46. The molecule has 0 spiro atoms. The molecule has 0 saturated heterocycles. The number of rotatable bonds is 2. The number of allylic oxidation sites excluding steroid dienone is 2. The smallest absolute Gasteiger partial charge is 0.306 e. The van der Waals surface area contributed by atoms with Gasteiger partial charge >= 0.3 is 5.97 Å². The highest BCUT2D eigenvalue weighted by atomic mass is 16.4. The molecule has 1 unspecified atom stereocenters. The largest absolute Gasteiger partial charge is 0.481 e. The Kier molecular flexibility index (Phi) is 3.60. The zero-order valence-corrected chi connectivity index (χ0v) is 11.1. The molecule has 1 N–H and O–H groups in total. The Labute approximate surface area is 104 Å². The van der Waals surface area contributed by atoms with Crippen LogP contribution in [0.25, 0.3) is 0 Å². The summed E-state index contributed by atoms with van der Waals surface area (Å²) in [5.74, 6) is 1.53. The molecular weight excluding hydrogens is 212 g/mol. The third-order valence-electron chi connectivity index (χ3n) is 5.06. The van der Waals surface area contributed by atoms with Crippen LogP contribution in [0.3, 0.4) is 0 Å². The van der Waals surface area contributed by atoms with Gasteiger partial charge in [0.1, 0.15) is 0 Å². The maximum atomic E-state index is 11.2. The monoisotopic (exact) mass is 236 g/mol. The van der Waals surface area contributed by atoms with E-state index >= 15 is 0 Å². The highest BCUT2D eigenvalue weighted by Crippen LogP contribution is 2.47. The first kappa shape index (κ1) is 12.7. The summed E-state index contributed by atoms with van der Waals surface area (Å²) < 4.78 is 0. The molecule has 2 nitrogen and oxygen atoms in total. The summed E-state index contributed by atoms with van der Waals surface area (Å²) in [6.45, 7) is 6.42. The number of aliphatic carboxylic acids is 1. The van der Waals surface area contributed by atoms with E-state index in [0.29, 0.717) is 11.8 Å². The van der Waals surface area contributed by atoms with Crippen molar-refractivity contribution in [1.82, 2.24) is 0 Å². The van der Waals surface area contributed by atoms with Crippen LogP contribution in [0.4, 0.5) is 0 Å². The van der Waals surface area contributed by atoms with Crippen LogP contribution in [-0.4, -0.2) is 11.1 Å². The highest BCUT2D eigenvalue weighted by Gasteiger charge is 2.41. The Morgan fingerprint density at radius 3 is 2.76 bits per heavy atom. The van der Waals surface area contributed by atoms with Gasteiger partial charge in [-0.2, -0.15) is 0 Å². The standard InChI is InChI=1S/C15H24O2/c1-9-4-6-12-10(2)5-7-13(14(12)8-9)11(3)15(16)17/h8,10-14H,4-7H2,1-3H3,(H,16,17)/t10-,11?,12+,13+,14+/m0/s1. The second-order valence-corrected chi connectivity index (χ2v) is 6.14. The zero-order chi connectivity index (χ0) is 12.6. The van der Waals surface area contributed by atoms with Crippen molar-refractivity contribution in [3.63, 3.8) is 0 Å². The van der Waals surface area contributed by atoms with Crippen molar-refractivity contribution in [2.45, 2.75) is 46.5 Å². The lowest BCUT2D eigenvalue weighted by atomic mass is 9.60. The van der Waals surface area contributed by atoms with E-state index in [2.05, 4.69) is 19.9 Å². The lowest BCUT2D eigenvalue weighted by Crippen LogP contribution is -2.39. The van der Waals surface area contributed by atoms with Crippen LogP contribution in [0.1, 0.15) is 46.5 Å². The molecule has 96 valence electrons. The lowest BCUT2D eigenvalue weighted by Gasteiger charge is -2.44. The molecule has 2 rings (SSSR count). The molecule has 0 amide bonds. The van der Waals surface area contributed by atoms with Crippen LogP contribution < -0.4 is 0 Å². The summed E-state index contributed by atoms with van der Waals surface area (Å²) in [5, 5.41) is 9.24. The summed E-state index contributed by atoms with van der Waals surface area (Å²) in [7, 11) is 0. The van der Waals surface area contributed by atoms with Gasteiger partial charge in [0, 0.05) is 0 Å². The van der Waals surface area contributed by atoms with Gasteiger partial charge in [0.15, 0.2) is 0 Å². The summed E-state index contributed by atoms with van der Waals surface area (Å²) in [4.78, 5) is 11.2. The Balaban J connectivity index is 2.22. The minimum absolute atomic E-state index is 0.197. The fraction of sp³-hybridized carbons (Fsp3) is 0.800. The molecule has 17 heavy (non-hydrogen) atoms. The molecule has 1 saturated carbocycles. The maximum absolute atomic E-state index is 11.2. The predicted octanol–water partition coefficient (Wildman–Crippen LogP) is 3.73. The Morgan fingerprint density at radius 2 is 2.12 bits per heavy atom. The van der Waals surface area contributed by atoms with Crippen molar-refractivity contribution >= 4 is 5.97 Å². The van der Waals surface area contributed by atoms with Crippen molar-refractivity contribution in [3.8, 4) is 0 Å². The lowest BCUT2D eigenvalue weighted by molar-refractivity contribution is -0.144. The molecule has 2 aliphatic carbocycles. The number of carboxylic acids is 1. The van der Waals surface area contributed by atoms with E-state index in [4.69, 9.17) is 0 Å². The van der Waals surface area contributed by atoms with Crippen LogP contribution in [0.15, 0.2) is 11.6 Å². The van der Waals surface area contributed by atoms with Gasteiger partial charge in [-0.15, -0.1) is 0 Å². The van der Waals surface area contributed by atoms with Gasteiger partial charge < -0.3 is 5.11 Å². The molecule has 0 aromatic heterocycles. The molecule has 0 aromatic rings. The second-order valence-electron chi connectivity index (χ2n) is 6.14. The predicted molar refractivity (Wildman–Crippen MR) is 68.7 cm³/mol. The SMILES string of the molecule is CC1=C[C@@H]2[C@H](CC1)[C@@H](C)CC[C@@H]2C(C)C(=O)O. The number of carbonyl (C=O) groups is 1. The van der Waals surface area contributed by atoms with E-state index < -0.39 is 5.97 Å². The van der Waals surface area contributed by atoms with Crippen LogP contribution in [-0.2, 0) is 4.79 Å². The van der Waals surface area contributed by atoms with Crippen molar-refractivity contribution in [1.29, 1.82) is 0 Å². The molecule has 0 bridgehead atoms. The Bertz CT molecular complexity index is 332. The highest BCUT2D eigenvalue weighted by molar-refractivity contribution is 5.70. The summed E-state index contributed by atoms with van der Waals surface area (Å²) in [6, 6.07) is 0. The summed E-state index contributed by atoms with van der Waals surface area (Å²) >= 11 is 0. The van der Waals surface area contributed by atoms with Gasteiger partial charge in [-0.3, -0.25) is 4.79 Å². The van der Waals surface area contributed by atoms with Crippen LogP contribution >= 0.6 is 0 Å². The zero-order valence-electron chi connectivity index (χ0n) is 11.1.